The molecule has 0 spiro atoms. The van der Waals surface area contributed by atoms with Gasteiger partial charge in [0.2, 0.25) is 5.88 Å². The van der Waals surface area contributed by atoms with Crippen LogP contribution in [0.5, 0.6) is 11.6 Å². The second-order valence-corrected chi connectivity index (χ2v) is 3.93. The van der Waals surface area contributed by atoms with Crippen molar-refractivity contribution in [1.29, 1.82) is 0 Å². The quantitative estimate of drug-likeness (QED) is 0.889. The Labute approximate surface area is 103 Å². The van der Waals surface area contributed by atoms with Crippen molar-refractivity contribution >= 4 is 17.3 Å². The second-order valence-electron chi connectivity index (χ2n) is 3.52. The molecule has 1 heterocycles. The molecule has 1 aromatic carbocycles. The van der Waals surface area contributed by atoms with Gasteiger partial charge in [-0.15, -0.1) is 0 Å². The van der Waals surface area contributed by atoms with Gasteiger partial charge in [0, 0.05) is 5.69 Å². The number of nitrogens with two attached hydrogens (primary N) is 1. The van der Waals surface area contributed by atoms with E-state index in [0.717, 1.165) is 5.69 Å². The first kappa shape index (κ1) is 11.7. The number of nitrogen functional groups attached to an aromatic ring is 1. The molecule has 2 rings (SSSR count). The Morgan fingerprint density at radius 1 is 1.29 bits per heavy atom. The van der Waals surface area contributed by atoms with E-state index in [1.165, 1.54) is 18.2 Å². The zero-order valence-corrected chi connectivity index (χ0v) is 9.83. The minimum absolute atomic E-state index is 0.174. The fourth-order valence-corrected chi connectivity index (χ4v) is 1.49. The van der Waals surface area contributed by atoms with Gasteiger partial charge in [0.1, 0.15) is 11.6 Å². The molecular weight excluding hydrogens is 243 g/mol. The molecule has 1 aromatic heterocycles. The lowest BCUT2D eigenvalue weighted by molar-refractivity contribution is 0.463. The summed E-state index contributed by atoms with van der Waals surface area (Å²) in [5.74, 6) is 0.156. The monoisotopic (exact) mass is 252 g/mol. The van der Waals surface area contributed by atoms with E-state index in [9.17, 15) is 4.39 Å². The number of anilines is 1. The van der Waals surface area contributed by atoms with Crippen LogP contribution in [0.15, 0.2) is 30.3 Å². The van der Waals surface area contributed by atoms with Crippen molar-refractivity contribution < 1.29 is 9.13 Å². The summed E-state index contributed by atoms with van der Waals surface area (Å²) < 4.78 is 18.3. The molecule has 0 saturated heterocycles. The van der Waals surface area contributed by atoms with E-state index in [1.807, 2.05) is 6.92 Å². The summed E-state index contributed by atoms with van der Waals surface area (Å²) in [7, 11) is 0. The first-order chi connectivity index (χ1) is 8.06. The highest BCUT2D eigenvalue weighted by atomic mass is 35.5. The Kier molecular flexibility index (Phi) is 3.15. The van der Waals surface area contributed by atoms with Gasteiger partial charge in [-0.05, 0) is 37.3 Å². The van der Waals surface area contributed by atoms with Gasteiger partial charge in [-0.25, -0.2) is 9.37 Å². The molecule has 0 bridgehead atoms. The molecule has 2 aromatic rings. The number of pyridine rings is 1. The Balaban J connectivity index is 2.34. The molecule has 2 N–H and O–H groups in total. The van der Waals surface area contributed by atoms with Gasteiger partial charge in [-0.2, -0.15) is 0 Å². The number of hydrogen-bond acceptors (Lipinski definition) is 3. The van der Waals surface area contributed by atoms with E-state index in [-0.39, 0.29) is 10.9 Å². The molecule has 17 heavy (non-hydrogen) atoms. The first-order valence-electron chi connectivity index (χ1n) is 4.92. The van der Waals surface area contributed by atoms with E-state index >= 15 is 0 Å². The van der Waals surface area contributed by atoms with Crippen molar-refractivity contribution in [1.82, 2.24) is 4.98 Å². The molecular formula is C12H10ClFN2O. The fourth-order valence-electron chi connectivity index (χ4n) is 1.29. The molecule has 0 radical (unpaired) electrons. The number of aryl methyl sites for hydroxylation is 1. The van der Waals surface area contributed by atoms with E-state index < -0.39 is 5.82 Å². The number of rotatable bonds is 2. The minimum atomic E-state index is -0.424. The summed E-state index contributed by atoms with van der Waals surface area (Å²) in [6.45, 7) is 1.82. The third-order valence-electron chi connectivity index (χ3n) is 2.13. The largest absolute Gasteiger partial charge is 0.435 e. The van der Waals surface area contributed by atoms with Gasteiger partial charge >= 0.3 is 0 Å². The Hall–Kier alpha value is -1.81. The lowest BCUT2D eigenvalue weighted by Crippen LogP contribution is -1.96. The highest BCUT2D eigenvalue weighted by molar-refractivity contribution is 6.32. The summed E-state index contributed by atoms with van der Waals surface area (Å²) in [4.78, 5) is 4.13. The SMILES string of the molecule is Cc1ccc(N)c(Oc2ccc(F)cc2Cl)n1. The highest BCUT2D eigenvalue weighted by Gasteiger charge is 2.08. The molecule has 0 atom stereocenters. The first-order valence-corrected chi connectivity index (χ1v) is 5.30. The standard InChI is InChI=1S/C12H10ClFN2O/c1-7-2-4-10(15)12(16-7)17-11-5-3-8(14)6-9(11)13/h2-6H,15H2,1H3. The number of nitrogens with zero attached hydrogens (tertiary/aromatic N) is 1. The van der Waals surface area contributed by atoms with Gasteiger partial charge in [0.25, 0.3) is 0 Å². The van der Waals surface area contributed by atoms with Gasteiger partial charge in [-0.1, -0.05) is 11.6 Å². The van der Waals surface area contributed by atoms with Crippen molar-refractivity contribution in [2.45, 2.75) is 6.92 Å². The number of ether oxygens (including phenoxy) is 1. The van der Waals surface area contributed by atoms with Crippen LogP contribution in [0.2, 0.25) is 5.02 Å². The van der Waals surface area contributed by atoms with Crippen LogP contribution in [0.25, 0.3) is 0 Å². The third-order valence-corrected chi connectivity index (χ3v) is 2.42. The van der Waals surface area contributed by atoms with Gasteiger partial charge < -0.3 is 10.5 Å². The number of halogens is 2. The molecule has 0 saturated carbocycles. The zero-order chi connectivity index (χ0) is 12.4. The Morgan fingerprint density at radius 2 is 2.06 bits per heavy atom. The Bertz CT molecular complexity index is 560. The number of benzene rings is 1. The van der Waals surface area contributed by atoms with Crippen LogP contribution in [-0.2, 0) is 0 Å². The van der Waals surface area contributed by atoms with Crippen LogP contribution in [0.3, 0.4) is 0 Å². The van der Waals surface area contributed by atoms with Gasteiger partial charge in [0.15, 0.2) is 0 Å². The number of aromatic nitrogens is 1. The average molecular weight is 253 g/mol. The van der Waals surface area contributed by atoms with Crippen LogP contribution >= 0.6 is 11.6 Å². The molecule has 0 fully saturated rings. The minimum Gasteiger partial charge on any atom is -0.435 e. The van der Waals surface area contributed by atoms with Crippen molar-refractivity contribution in [3.8, 4) is 11.6 Å². The molecule has 3 nitrogen and oxygen atoms in total. The van der Waals surface area contributed by atoms with Gasteiger partial charge in [-0.3, -0.25) is 0 Å². The van der Waals surface area contributed by atoms with Crippen LogP contribution in [0.4, 0.5) is 10.1 Å². The zero-order valence-electron chi connectivity index (χ0n) is 9.08. The van der Waals surface area contributed by atoms with Crippen molar-refractivity contribution in [3.63, 3.8) is 0 Å². The summed E-state index contributed by atoms with van der Waals surface area (Å²) in [6, 6.07) is 7.32. The molecule has 88 valence electrons. The van der Waals surface area contributed by atoms with Crippen LogP contribution < -0.4 is 10.5 Å². The lowest BCUT2D eigenvalue weighted by atomic mass is 10.3. The molecule has 0 aliphatic rings. The van der Waals surface area contributed by atoms with Crippen molar-refractivity contribution in [3.05, 3.63) is 46.9 Å². The molecule has 0 unspecified atom stereocenters. The summed E-state index contributed by atoms with van der Waals surface area (Å²) in [5, 5.41) is 0.174. The lowest BCUT2D eigenvalue weighted by Gasteiger charge is -2.09. The van der Waals surface area contributed by atoms with Crippen molar-refractivity contribution in [2.75, 3.05) is 5.73 Å². The fraction of sp³-hybridized carbons (Fsp3) is 0.0833. The predicted molar refractivity (Wildman–Crippen MR) is 64.9 cm³/mol. The average Bonchev–Trinajstić information content (AvgIpc) is 2.27. The maximum atomic E-state index is 12.8. The summed E-state index contributed by atoms with van der Waals surface area (Å²) in [6.07, 6.45) is 0. The van der Waals surface area contributed by atoms with Crippen LogP contribution in [0.1, 0.15) is 5.69 Å². The molecule has 0 aliphatic heterocycles. The van der Waals surface area contributed by atoms with E-state index in [1.54, 1.807) is 12.1 Å². The number of hydrogen-bond donors (Lipinski definition) is 1. The third kappa shape index (κ3) is 2.65. The normalized spacial score (nSPS) is 10.3. The topological polar surface area (TPSA) is 48.1 Å². The van der Waals surface area contributed by atoms with E-state index in [0.29, 0.717) is 11.4 Å². The molecule has 0 amide bonds. The highest BCUT2D eigenvalue weighted by Crippen LogP contribution is 2.31. The molecule has 5 heteroatoms. The van der Waals surface area contributed by atoms with E-state index in [2.05, 4.69) is 4.98 Å². The molecule has 0 aliphatic carbocycles. The maximum absolute atomic E-state index is 12.8. The van der Waals surface area contributed by atoms with Crippen molar-refractivity contribution in [2.24, 2.45) is 0 Å². The maximum Gasteiger partial charge on any atom is 0.242 e. The second kappa shape index (κ2) is 4.59. The predicted octanol–water partition coefficient (Wildman–Crippen LogP) is 3.56. The summed E-state index contributed by atoms with van der Waals surface area (Å²) in [5.41, 5.74) is 6.88. The van der Waals surface area contributed by atoms with Crippen LogP contribution in [-0.4, -0.2) is 4.98 Å². The summed E-state index contributed by atoms with van der Waals surface area (Å²) >= 11 is 5.84. The smallest absolute Gasteiger partial charge is 0.242 e. The van der Waals surface area contributed by atoms with Crippen LogP contribution in [0, 0.1) is 12.7 Å². The van der Waals surface area contributed by atoms with E-state index in [4.69, 9.17) is 22.1 Å². The van der Waals surface area contributed by atoms with Gasteiger partial charge in [0.05, 0.1) is 10.7 Å². The Morgan fingerprint density at radius 3 is 2.76 bits per heavy atom.